The Morgan fingerprint density at radius 3 is 2.41 bits per heavy atom. The van der Waals surface area contributed by atoms with Crippen molar-refractivity contribution in [3.63, 3.8) is 0 Å². The average molecular weight is 579 g/mol. The first-order chi connectivity index (χ1) is 19.0. The van der Waals surface area contributed by atoms with Crippen molar-refractivity contribution in [1.82, 2.24) is 20.4 Å². The molecule has 1 aliphatic heterocycles. The van der Waals surface area contributed by atoms with Gasteiger partial charge < -0.3 is 9.72 Å². The van der Waals surface area contributed by atoms with Gasteiger partial charge in [0.1, 0.15) is 5.75 Å². The first kappa shape index (κ1) is 24.6. The molecule has 2 N–H and O–H groups in total. The predicted molar refractivity (Wildman–Crippen MR) is 155 cm³/mol. The highest BCUT2D eigenvalue weighted by atomic mass is 79.9. The van der Waals surface area contributed by atoms with Crippen LogP contribution in [0.4, 0.5) is 0 Å². The van der Waals surface area contributed by atoms with E-state index in [1.54, 1.807) is 36.6 Å². The summed E-state index contributed by atoms with van der Waals surface area (Å²) < 4.78 is 6.22. The van der Waals surface area contributed by atoms with Crippen LogP contribution in [0.15, 0.2) is 113 Å². The van der Waals surface area contributed by atoms with Crippen LogP contribution in [0.2, 0.25) is 0 Å². The van der Waals surface area contributed by atoms with Crippen molar-refractivity contribution in [1.29, 1.82) is 0 Å². The number of fused-ring (bicyclic) bond motifs is 1. The van der Waals surface area contributed by atoms with Crippen molar-refractivity contribution in [2.75, 3.05) is 7.11 Å². The number of hydrogen-bond acceptors (Lipinski definition) is 5. The molecule has 0 fully saturated rings. The van der Waals surface area contributed by atoms with Gasteiger partial charge >= 0.3 is 0 Å². The fraction of sp³-hybridized carbons (Fsp3) is 0.0645. The lowest BCUT2D eigenvalue weighted by Gasteiger charge is -2.26. The fourth-order valence-corrected chi connectivity index (χ4v) is 5.25. The van der Waals surface area contributed by atoms with Gasteiger partial charge in [0.05, 0.1) is 24.4 Å². The molecule has 192 valence electrons. The van der Waals surface area contributed by atoms with Gasteiger partial charge in [0.25, 0.3) is 11.5 Å². The number of H-pyrrole nitrogens is 1. The van der Waals surface area contributed by atoms with Crippen LogP contribution in [0.25, 0.3) is 27.7 Å². The van der Waals surface area contributed by atoms with Crippen LogP contribution >= 0.6 is 15.9 Å². The second-order valence-electron chi connectivity index (χ2n) is 9.08. The Labute approximate surface area is 232 Å². The van der Waals surface area contributed by atoms with Crippen molar-refractivity contribution in [2.24, 2.45) is 0 Å². The lowest BCUT2D eigenvalue weighted by Crippen LogP contribution is -2.40. The van der Waals surface area contributed by atoms with Crippen LogP contribution in [-0.4, -0.2) is 28.0 Å². The van der Waals surface area contributed by atoms with Crippen LogP contribution in [0, 0.1) is 0 Å². The molecule has 0 aliphatic carbocycles. The van der Waals surface area contributed by atoms with Crippen LogP contribution in [0.3, 0.4) is 0 Å². The van der Waals surface area contributed by atoms with Crippen LogP contribution < -0.4 is 15.7 Å². The Balaban J connectivity index is 1.56. The molecular formula is C31H23BrN4O3. The van der Waals surface area contributed by atoms with Gasteiger partial charge in [-0.05, 0) is 59.7 Å². The number of benzene rings is 3. The molecule has 1 atom stereocenters. The number of amides is 1. The maximum atomic E-state index is 13.7. The zero-order valence-electron chi connectivity index (χ0n) is 20.9. The molecule has 0 bridgehead atoms. The molecule has 39 heavy (non-hydrogen) atoms. The zero-order valence-corrected chi connectivity index (χ0v) is 22.5. The zero-order chi connectivity index (χ0) is 26.9. The summed E-state index contributed by atoms with van der Waals surface area (Å²) in [6.07, 6.45) is 5.08. The van der Waals surface area contributed by atoms with E-state index in [9.17, 15) is 9.59 Å². The predicted octanol–water partition coefficient (Wildman–Crippen LogP) is 6.10. The minimum Gasteiger partial charge on any atom is -0.497 e. The minimum atomic E-state index is -0.479. The van der Waals surface area contributed by atoms with E-state index in [-0.39, 0.29) is 11.5 Å². The van der Waals surface area contributed by atoms with E-state index in [0.717, 1.165) is 32.1 Å². The van der Waals surface area contributed by atoms with E-state index in [1.807, 2.05) is 78.9 Å². The molecule has 2 aromatic heterocycles. The Morgan fingerprint density at radius 2 is 1.69 bits per heavy atom. The Morgan fingerprint density at radius 1 is 0.949 bits per heavy atom. The van der Waals surface area contributed by atoms with Crippen molar-refractivity contribution in [2.45, 2.75) is 6.04 Å². The average Bonchev–Trinajstić information content (AvgIpc) is 3.42. The van der Waals surface area contributed by atoms with E-state index in [4.69, 9.17) is 4.74 Å². The summed E-state index contributed by atoms with van der Waals surface area (Å²) in [6.45, 7) is 0. The van der Waals surface area contributed by atoms with Crippen LogP contribution in [-0.2, 0) is 0 Å². The van der Waals surface area contributed by atoms with E-state index in [1.165, 1.54) is 0 Å². The van der Waals surface area contributed by atoms with Crippen LogP contribution in [0.1, 0.15) is 27.5 Å². The number of nitrogens with one attached hydrogen (secondary N) is 2. The van der Waals surface area contributed by atoms with Gasteiger partial charge in [0.15, 0.2) is 0 Å². The number of rotatable bonds is 5. The minimum absolute atomic E-state index is 0.245. The molecule has 1 aliphatic rings. The number of halogens is 1. The Hall–Kier alpha value is -4.69. The molecule has 3 heterocycles. The van der Waals surface area contributed by atoms with Gasteiger partial charge in [-0.1, -0.05) is 58.4 Å². The molecule has 6 rings (SSSR count). The van der Waals surface area contributed by atoms with Crippen molar-refractivity contribution >= 4 is 38.4 Å². The highest BCUT2D eigenvalue weighted by Crippen LogP contribution is 2.38. The largest absolute Gasteiger partial charge is 0.497 e. The van der Waals surface area contributed by atoms with E-state index >= 15 is 0 Å². The molecule has 5 aromatic rings. The number of methoxy groups -OCH3 is 1. The number of ether oxygens (including phenoxy) is 1. The SMILES string of the molecule is COc1ccc(C2C=C(c3c(-c4ccccc4)c4cc(Br)ccc4[nH]c3=O)NN2C(=O)c2ccncc2)cc1. The number of carbonyl (C=O) groups is 1. The van der Waals surface area contributed by atoms with E-state index in [2.05, 4.69) is 31.3 Å². The molecule has 0 saturated carbocycles. The number of carbonyl (C=O) groups excluding carboxylic acids is 1. The molecule has 0 spiro atoms. The first-order valence-corrected chi connectivity index (χ1v) is 13.1. The number of nitrogens with zero attached hydrogens (tertiary/aromatic N) is 2. The number of pyridine rings is 2. The third kappa shape index (κ3) is 4.59. The fourth-order valence-electron chi connectivity index (χ4n) is 4.89. The molecule has 3 aromatic carbocycles. The Bertz CT molecular complexity index is 1770. The summed E-state index contributed by atoms with van der Waals surface area (Å²) in [5, 5.41) is 2.43. The van der Waals surface area contributed by atoms with Gasteiger partial charge in [0.2, 0.25) is 0 Å². The highest BCUT2D eigenvalue weighted by Gasteiger charge is 2.33. The quantitative estimate of drug-likeness (QED) is 0.263. The van der Waals surface area contributed by atoms with Crippen molar-refractivity contribution in [3.05, 3.63) is 135 Å². The number of hydrogen-bond donors (Lipinski definition) is 2. The second kappa shape index (κ2) is 10.2. The third-order valence-corrected chi connectivity index (χ3v) is 7.25. The van der Waals surface area contributed by atoms with Gasteiger partial charge in [-0.3, -0.25) is 20.0 Å². The summed E-state index contributed by atoms with van der Waals surface area (Å²) in [7, 11) is 1.61. The summed E-state index contributed by atoms with van der Waals surface area (Å²) in [5.41, 5.74) is 7.75. The maximum Gasteiger partial charge on any atom is 0.273 e. The number of aromatic amines is 1. The van der Waals surface area contributed by atoms with E-state index in [0.29, 0.717) is 22.6 Å². The maximum absolute atomic E-state index is 13.7. The van der Waals surface area contributed by atoms with Crippen LogP contribution in [0.5, 0.6) is 5.75 Å². The summed E-state index contributed by atoms with van der Waals surface area (Å²) in [5.74, 6) is 0.467. The standard InChI is InChI=1S/C31H23BrN4O3/c1-39-23-10-7-19(8-11-23)27-18-26(35-36(27)31(38)21-13-15-33-16-14-21)29-28(20-5-3-2-4-6-20)24-17-22(32)9-12-25(24)34-30(29)37/h2-18,27,35H,1H3,(H,34,37). The second-order valence-corrected chi connectivity index (χ2v) is 10.00. The molecule has 0 saturated heterocycles. The highest BCUT2D eigenvalue weighted by molar-refractivity contribution is 9.10. The summed E-state index contributed by atoms with van der Waals surface area (Å²) in [4.78, 5) is 34.5. The van der Waals surface area contributed by atoms with Gasteiger partial charge in [-0.25, -0.2) is 5.01 Å². The molecule has 8 heteroatoms. The lowest BCUT2D eigenvalue weighted by molar-refractivity contribution is 0.0672. The van der Waals surface area contributed by atoms with Gasteiger partial charge in [-0.2, -0.15) is 0 Å². The monoisotopic (exact) mass is 578 g/mol. The summed E-state index contributed by atoms with van der Waals surface area (Å²) in [6, 6.07) is 26.0. The first-order valence-electron chi connectivity index (χ1n) is 12.3. The smallest absolute Gasteiger partial charge is 0.273 e. The normalized spacial score (nSPS) is 14.7. The summed E-state index contributed by atoms with van der Waals surface area (Å²) >= 11 is 3.58. The number of aromatic nitrogens is 2. The molecule has 0 radical (unpaired) electrons. The molecule has 1 amide bonds. The lowest BCUT2D eigenvalue weighted by atomic mass is 9.94. The van der Waals surface area contributed by atoms with Gasteiger partial charge in [0, 0.05) is 38.9 Å². The third-order valence-electron chi connectivity index (χ3n) is 6.76. The van der Waals surface area contributed by atoms with Gasteiger partial charge in [-0.15, -0.1) is 0 Å². The molecular weight excluding hydrogens is 556 g/mol. The van der Waals surface area contributed by atoms with E-state index < -0.39 is 6.04 Å². The molecule has 7 nitrogen and oxygen atoms in total. The van der Waals surface area contributed by atoms with Crippen molar-refractivity contribution < 1.29 is 9.53 Å². The molecule has 1 unspecified atom stereocenters. The number of hydrazine groups is 1. The Kier molecular flexibility index (Phi) is 6.46. The van der Waals surface area contributed by atoms with Crippen molar-refractivity contribution in [3.8, 4) is 16.9 Å². The topological polar surface area (TPSA) is 87.3 Å².